The Morgan fingerprint density at radius 3 is 2.83 bits per heavy atom. The van der Waals surface area contributed by atoms with Crippen LogP contribution < -0.4 is 15.0 Å². The number of alkyl carbamates (subject to hydrolysis) is 1. The van der Waals surface area contributed by atoms with Gasteiger partial charge in [-0.25, -0.2) is 4.79 Å². The van der Waals surface area contributed by atoms with E-state index in [1.54, 1.807) is 4.90 Å². The molecule has 1 N–H and O–H groups in total. The van der Waals surface area contributed by atoms with Gasteiger partial charge < -0.3 is 19.7 Å². The summed E-state index contributed by atoms with van der Waals surface area (Å²) >= 11 is 1.49. The van der Waals surface area contributed by atoms with Crippen LogP contribution in [0.2, 0.25) is 0 Å². The third kappa shape index (κ3) is 5.63. The Hall–Kier alpha value is -1.89. The fourth-order valence-corrected chi connectivity index (χ4v) is 2.93. The normalized spacial score (nSPS) is 13.7. The van der Waals surface area contributed by atoms with Crippen molar-refractivity contribution in [3.63, 3.8) is 0 Å². The van der Waals surface area contributed by atoms with E-state index in [1.165, 1.54) is 11.8 Å². The standard InChI is InChI=1S/C17H24N2O4S/c1-17(2,3)23-16(21)18-8-11-24-12-15(20)19-9-10-22-14-7-5-4-6-13(14)19/h4-7H,8-12H2,1-3H3,(H,18,21). The van der Waals surface area contributed by atoms with Crippen LogP contribution in [0, 0.1) is 0 Å². The highest BCUT2D eigenvalue weighted by Crippen LogP contribution is 2.31. The van der Waals surface area contributed by atoms with E-state index in [2.05, 4.69) is 5.32 Å². The zero-order chi connectivity index (χ0) is 17.6. The zero-order valence-corrected chi connectivity index (χ0v) is 15.1. The number of thioether (sulfide) groups is 1. The molecule has 0 spiro atoms. The van der Waals surface area contributed by atoms with Gasteiger partial charge in [-0.2, -0.15) is 11.8 Å². The third-order valence-electron chi connectivity index (χ3n) is 3.17. The van der Waals surface area contributed by atoms with Gasteiger partial charge >= 0.3 is 6.09 Å². The summed E-state index contributed by atoms with van der Waals surface area (Å²) in [5, 5.41) is 2.68. The van der Waals surface area contributed by atoms with Crippen molar-refractivity contribution in [1.82, 2.24) is 5.32 Å². The Morgan fingerprint density at radius 1 is 1.33 bits per heavy atom. The number of para-hydroxylation sites is 2. The Bertz CT molecular complexity index is 586. The van der Waals surface area contributed by atoms with Gasteiger partial charge in [0.2, 0.25) is 5.91 Å². The minimum absolute atomic E-state index is 0.0491. The molecule has 0 fully saturated rings. The molecule has 0 bridgehead atoms. The molecule has 0 atom stereocenters. The van der Waals surface area contributed by atoms with Gasteiger partial charge in [0.1, 0.15) is 18.0 Å². The Labute approximate surface area is 146 Å². The fraction of sp³-hybridized carbons (Fsp3) is 0.529. The largest absolute Gasteiger partial charge is 0.490 e. The minimum atomic E-state index is -0.503. The monoisotopic (exact) mass is 352 g/mol. The first-order valence-electron chi connectivity index (χ1n) is 7.93. The third-order valence-corrected chi connectivity index (χ3v) is 4.11. The molecular formula is C17H24N2O4S. The van der Waals surface area contributed by atoms with Gasteiger partial charge in [-0.3, -0.25) is 4.79 Å². The number of carbonyl (C=O) groups is 2. The maximum Gasteiger partial charge on any atom is 0.407 e. The molecule has 0 saturated heterocycles. The first kappa shape index (κ1) is 18.4. The molecule has 0 aromatic heterocycles. The van der Waals surface area contributed by atoms with E-state index < -0.39 is 11.7 Å². The molecule has 1 aliphatic rings. The lowest BCUT2D eigenvalue weighted by Gasteiger charge is -2.29. The second-order valence-corrected chi connectivity index (χ2v) is 7.45. The number of carbonyl (C=O) groups excluding carboxylic acids is 2. The SMILES string of the molecule is CC(C)(C)OC(=O)NCCSCC(=O)N1CCOc2ccccc21. The lowest BCUT2D eigenvalue weighted by Crippen LogP contribution is -2.39. The lowest BCUT2D eigenvalue weighted by molar-refractivity contribution is -0.116. The quantitative estimate of drug-likeness (QED) is 0.825. The second-order valence-electron chi connectivity index (χ2n) is 6.34. The van der Waals surface area contributed by atoms with Gasteiger partial charge in [0, 0.05) is 12.3 Å². The number of benzene rings is 1. The van der Waals surface area contributed by atoms with E-state index in [9.17, 15) is 9.59 Å². The molecule has 24 heavy (non-hydrogen) atoms. The summed E-state index contributed by atoms with van der Waals surface area (Å²) < 4.78 is 10.7. The highest BCUT2D eigenvalue weighted by Gasteiger charge is 2.23. The molecule has 1 aromatic carbocycles. The van der Waals surface area contributed by atoms with Crippen molar-refractivity contribution >= 4 is 29.4 Å². The van der Waals surface area contributed by atoms with Gasteiger partial charge in [-0.05, 0) is 32.9 Å². The molecule has 0 radical (unpaired) electrons. The first-order valence-corrected chi connectivity index (χ1v) is 9.09. The van der Waals surface area contributed by atoms with Crippen molar-refractivity contribution in [2.45, 2.75) is 26.4 Å². The number of amides is 2. The summed E-state index contributed by atoms with van der Waals surface area (Å²) in [7, 11) is 0. The van der Waals surface area contributed by atoms with E-state index in [4.69, 9.17) is 9.47 Å². The maximum absolute atomic E-state index is 12.4. The van der Waals surface area contributed by atoms with Crippen LogP contribution in [0.3, 0.4) is 0 Å². The predicted octanol–water partition coefficient (Wildman–Crippen LogP) is 2.67. The molecule has 2 amide bonds. The molecule has 1 heterocycles. The summed E-state index contributed by atoms with van der Waals surface area (Å²) in [6, 6.07) is 7.55. The highest BCUT2D eigenvalue weighted by molar-refractivity contribution is 7.99. The van der Waals surface area contributed by atoms with Gasteiger partial charge in [-0.15, -0.1) is 0 Å². The number of hydrogen-bond acceptors (Lipinski definition) is 5. The van der Waals surface area contributed by atoms with E-state index in [0.717, 1.165) is 11.4 Å². The Morgan fingerprint density at radius 2 is 2.08 bits per heavy atom. The van der Waals surface area contributed by atoms with Crippen molar-refractivity contribution in [2.24, 2.45) is 0 Å². The van der Waals surface area contributed by atoms with Crippen LogP contribution in [0.5, 0.6) is 5.75 Å². The fourth-order valence-electron chi connectivity index (χ4n) is 2.21. The average molecular weight is 352 g/mol. The van der Waals surface area contributed by atoms with Crippen LogP contribution in [0.15, 0.2) is 24.3 Å². The molecule has 6 nitrogen and oxygen atoms in total. The summed E-state index contributed by atoms with van der Waals surface area (Å²) in [5.41, 5.74) is 0.318. The van der Waals surface area contributed by atoms with Crippen LogP contribution in [0.25, 0.3) is 0 Å². The number of fused-ring (bicyclic) bond motifs is 1. The topological polar surface area (TPSA) is 67.9 Å². The number of anilines is 1. The molecule has 7 heteroatoms. The van der Waals surface area contributed by atoms with Gasteiger partial charge in [-0.1, -0.05) is 12.1 Å². The minimum Gasteiger partial charge on any atom is -0.490 e. The van der Waals surface area contributed by atoms with Gasteiger partial charge in [0.15, 0.2) is 0 Å². The highest BCUT2D eigenvalue weighted by atomic mass is 32.2. The van der Waals surface area contributed by atoms with Crippen LogP contribution in [-0.2, 0) is 9.53 Å². The second kappa shape index (κ2) is 8.28. The molecule has 0 saturated carbocycles. The number of hydrogen-bond donors (Lipinski definition) is 1. The number of ether oxygens (including phenoxy) is 2. The van der Waals surface area contributed by atoms with Crippen molar-refractivity contribution in [3.05, 3.63) is 24.3 Å². The van der Waals surface area contributed by atoms with Crippen molar-refractivity contribution < 1.29 is 19.1 Å². The lowest BCUT2D eigenvalue weighted by atomic mass is 10.2. The summed E-state index contributed by atoms with van der Waals surface area (Å²) in [6.07, 6.45) is -0.434. The van der Waals surface area contributed by atoms with Crippen LogP contribution in [0.4, 0.5) is 10.5 Å². The van der Waals surface area contributed by atoms with E-state index >= 15 is 0 Å². The molecule has 1 aromatic rings. The summed E-state index contributed by atoms with van der Waals surface area (Å²) in [5.74, 6) is 1.81. The first-order chi connectivity index (χ1) is 11.4. The number of nitrogens with one attached hydrogen (secondary N) is 1. The van der Waals surface area contributed by atoms with E-state index in [0.29, 0.717) is 31.2 Å². The predicted molar refractivity (Wildman–Crippen MR) is 95.9 cm³/mol. The van der Waals surface area contributed by atoms with Crippen LogP contribution in [0.1, 0.15) is 20.8 Å². The summed E-state index contributed by atoms with van der Waals surface area (Å²) in [4.78, 5) is 25.6. The molecule has 1 aliphatic heterocycles. The average Bonchev–Trinajstić information content (AvgIpc) is 2.52. The molecule has 2 rings (SSSR count). The van der Waals surface area contributed by atoms with Crippen molar-refractivity contribution in [1.29, 1.82) is 0 Å². The molecule has 0 aliphatic carbocycles. The van der Waals surface area contributed by atoms with E-state index in [1.807, 2.05) is 45.0 Å². The molecule has 0 unspecified atom stereocenters. The number of rotatable bonds is 5. The van der Waals surface area contributed by atoms with Crippen LogP contribution >= 0.6 is 11.8 Å². The molecular weight excluding hydrogens is 328 g/mol. The Kier molecular flexibility index (Phi) is 6.36. The number of nitrogens with zero attached hydrogens (tertiary/aromatic N) is 1. The van der Waals surface area contributed by atoms with Crippen molar-refractivity contribution in [2.75, 3.05) is 36.1 Å². The zero-order valence-electron chi connectivity index (χ0n) is 14.3. The van der Waals surface area contributed by atoms with Gasteiger partial charge in [0.25, 0.3) is 0 Å². The smallest absolute Gasteiger partial charge is 0.407 e. The van der Waals surface area contributed by atoms with Gasteiger partial charge in [0.05, 0.1) is 18.0 Å². The molecule has 132 valence electrons. The Balaban J connectivity index is 1.70. The van der Waals surface area contributed by atoms with E-state index in [-0.39, 0.29) is 5.91 Å². The maximum atomic E-state index is 12.4. The van der Waals surface area contributed by atoms with Crippen LogP contribution in [-0.4, -0.2) is 48.8 Å². The summed E-state index contributed by atoms with van der Waals surface area (Å²) in [6.45, 7) is 6.99. The van der Waals surface area contributed by atoms with Crippen molar-refractivity contribution in [3.8, 4) is 5.75 Å².